The van der Waals surface area contributed by atoms with E-state index in [-0.39, 0.29) is 11.9 Å². The van der Waals surface area contributed by atoms with Gasteiger partial charge in [-0.3, -0.25) is 4.79 Å². The third kappa shape index (κ3) is 3.73. The van der Waals surface area contributed by atoms with Crippen molar-refractivity contribution in [2.45, 2.75) is 25.8 Å². The van der Waals surface area contributed by atoms with E-state index >= 15 is 0 Å². The lowest BCUT2D eigenvalue weighted by atomic mass is 9.94. The molecule has 2 rings (SSSR count). The molecule has 0 spiro atoms. The Balaban J connectivity index is 2.12. The number of nitrogens with zero attached hydrogens (tertiary/aromatic N) is 1. The zero-order chi connectivity index (χ0) is 14.7. The molecule has 1 aliphatic heterocycles. The van der Waals surface area contributed by atoms with E-state index in [1.165, 1.54) is 0 Å². The number of nitrogens with one attached hydrogen (secondary N) is 2. The summed E-state index contributed by atoms with van der Waals surface area (Å²) < 4.78 is 0.961. The molecular formula is C15H22BrN3O. The van der Waals surface area contributed by atoms with Crippen LogP contribution in [0, 0.1) is 5.92 Å². The largest absolute Gasteiger partial charge is 0.376 e. The molecule has 0 aliphatic carbocycles. The van der Waals surface area contributed by atoms with Crippen molar-refractivity contribution in [3.05, 3.63) is 22.7 Å². The third-order valence-corrected chi connectivity index (χ3v) is 4.17. The first-order chi connectivity index (χ1) is 9.47. The molecule has 1 saturated heterocycles. The van der Waals surface area contributed by atoms with E-state index in [1.54, 1.807) is 0 Å². The minimum atomic E-state index is -0.0901. The van der Waals surface area contributed by atoms with Crippen LogP contribution in [0.4, 0.5) is 11.4 Å². The number of carbonyl (C=O) groups is 1. The van der Waals surface area contributed by atoms with Crippen molar-refractivity contribution in [1.82, 2.24) is 5.32 Å². The molecule has 1 aromatic rings. The number of hydrogen-bond donors (Lipinski definition) is 2. The molecule has 2 N–H and O–H groups in total. The maximum absolute atomic E-state index is 12.4. The fourth-order valence-corrected chi connectivity index (χ4v) is 2.89. The van der Waals surface area contributed by atoms with E-state index in [2.05, 4.69) is 33.5 Å². The summed E-state index contributed by atoms with van der Waals surface area (Å²) in [5.74, 6) is 0.653. The minimum absolute atomic E-state index is 0.0535. The number of benzene rings is 1. The molecule has 2 atom stereocenters. The van der Waals surface area contributed by atoms with Gasteiger partial charge in [-0.1, -0.05) is 22.9 Å². The Kier molecular flexibility index (Phi) is 5.05. The van der Waals surface area contributed by atoms with Crippen molar-refractivity contribution in [1.29, 1.82) is 0 Å². The van der Waals surface area contributed by atoms with Crippen LogP contribution >= 0.6 is 15.9 Å². The van der Waals surface area contributed by atoms with Gasteiger partial charge in [-0.2, -0.15) is 0 Å². The maximum atomic E-state index is 12.4. The molecule has 0 saturated carbocycles. The molecule has 0 aromatic heterocycles. The van der Waals surface area contributed by atoms with Crippen molar-refractivity contribution < 1.29 is 4.79 Å². The number of halogens is 1. The number of carbonyl (C=O) groups excluding carboxylic acids is 1. The number of amides is 1. The van der Waals surface area contributed by atoms with Gasteiger partial charge in [0.2, 0.25) is 5.91 Å². The Labute approximate surface area is 129 Å². The summed E-state index contributed by atoms with van der Waals surface area (Å²) in [5.41, 5.74) is 1.85. The molecule has 1 aromatic carbocycles. The Hall–Kier alpha value is -1.07. The molecule has 2 unspecified atom stereocenters. The highest BCUT2D eigenvalue weighted by molar-refractivity contribution is 9.10. The topological polar surface area (TPSA) is 44.4 Å². The average Bonchev–Trinajstić information content (AvgIpc) is 2.38. The summed E-state index contributed by atoms with van der Waals surface area (Å²) in [4.78, 5) is 14.4. The van der Waals surface area contributed by atoms with Gasteiger partial charge in [0.15, 0.2) is 0 Å². The van der Waals surface area contributed by atoms with Gasteiger partial charge in [0, 0.05) is 18.6 Å². The van der Waals surface area contributed by atoms with Gasteiger partial charge in [0.25, 0.3) is 0 Å². The fourth-order valence-electron chi connectivity index (χ4n) is 2.53. The van der Waals surface area contributed by atoms with Crippen molar-refractivity contribution in [2.75, 3.05) is 30.9 Å². The lowest BCUT2D eigenvalue weighted by Crippen LogP contribution is -2.45. The number of piperidine rings is 1. The highest BCUT2D eigenvalue weighted by atomic mass is 79.9. The van der Waals surface area contributed by atoms with Crippen LogP contribution in [0.15, 0.2) is 22.7 Å². The summed E-state index contributed by atoms with van der Waals surface area (Å²) in [7, 11) is 3.94. The summed E-state index contributed by atoms with van der Waals surface area (Å²) in [6.07, 6.45) is 2.04. The second-order valence-corrected chi connectivity index (χ2v) is 6.60. The zero-order valence-corrected chi connectivity index (χ0v) is 13.8. The van der Waals surface area contributed by atoms with Crippen LogP contribution in [0.25, 0.3) is 0 Å². The fraction of sp³-hybridized carbons (Fsp3) is 0.533. The predicted molar refractivity (Wildman–Crippen MR) is 87.3 cm³/mol. The number of rotatable bonds is 3. The van der Waals surface area contributed by atoms with Gasteiger partial charge >= 0.3 is 0 Å². The molecule has 0 radical (unpaired) electrons. The van der Waals surface area contributed by atoms with Gasteiger partial charge in [-0.15, -0.1) is 0 Å². The molecule has 4 nitrogen and oxygen atoms in total. The van der Waals surface area contributed by atoms with Gasteiger partial charge in [-0.05, 0) is 43.5 Å². The highest BCUT2D eigenvalue weighted by Crippen LogP contribution is 2.28. The van der Waals surface area contributed by atoms with E-state index in [4.69, 9.17) is 0 Å². The summed E-state index contributed by atoms with van der Waals surface area (Å²) in [5, 5.41) is 6.35. The van der Waals surface area contributed by atoms with Crippen LogP contribution in [0.1, 0.15) is 19.8 Å². The molecule has 1 amide bonds. The van der Waals surface area contributed by atoms with Crippen molar-refractivity contribution >= 4 is 33.2 Å². The van der Waals surface area contributed by atoms with Gasteiger partial charge in [-0.25, -0.2) is 0 Å². The molecule has 0 bridgehead atoms. The van der Waals surface area contributed by atoms with E-state index < -0.39 is 0 Å². The van der Waals surface area contributed by atoms with Gasteiger partial charge in [0.05, 0.1) is 17.4 Å². The minimum Gasteiger partial charge on any atom is -0.376 e. The van der Waals surface area contributed by atoms with Gasteiger partial charge < -0.3 is 15.5 Å². The Morgan fingerprint density at radius 3 is 2.85 bits per heavy atom. The molecular weight excluding hydrogens is 318 g/mol. The van der Waals surface area contributed by atoms with Crippen LogP contribution in [-0.4, -0.2) is 32.6 Å². The smallest absolute Gasteiger partial charge is 0.241 e. The van der Waals surface area contributed by atoms with Crippen molar-refractivity contribution in [3.63, 3.8) is 0 Å². The van der Waals surface area contributed by atoms with Crippen LogP contribution in [0.3, 0.4) is 0 Å². The Bertz CT molecular complexity index is 490. The molecule has 20 heavy (non-hydrogen) atoms. The quantitative estimate of drug-likeness (QED) is 0.889. The van der Waals surface area contributed by atoms with Crippen LogP contribution in [0.2, 0.25) is 0 Å². The molecule has 1 aliphatic rings. The first kappa shape index (κ1) is 15.3. The lowest BCUT2D eigenvalue weighted by molar-refractivity contribution is -0.119. The van der Waals surface area contributed by atoms with E-state index in [0.717, 1.165) is 35.2 Å². The number of hydrogen-bond acceptors (Lipinski definition) is 3. The second kappa shape index (κ2) is 6.59. The predicted octanol–water partition coefficient (Wildman–Crippen LogP) is 2.84. The first-order valence-corrected chi connectivity index (χ1v) is 7.78. The molecule has 5 heteroatoms. The highest BCUT2D eigenvalue weighted by Gasteiger charge is 2.25. The van der Waals surface area contributed by atoms with Crippen molar-refractivity contribution in [2.24, 2.45) is 5.92 Å². The van der Waals surface area contributed by atoms with E-state index in [9.17, 15) is 4.79 Å². The Morgan fingerprint density at radius 2 is 2.20 bits per heavy atom. The SMILES string of the molecule is CC1CCNC(C(=O)Nc2cc(Br)ccc2N(C)C)C1. The van der Waals surface area contributed by atoms with Crippen LogP contribution in [0.5, 0.6) is 0 Å². The zero-order valence-electron chi connectivity index (χ0n) is 12.2. The van der Waals surface area contributed by atoms with Crippen LogP contribution < -0.4 is 15.5 Å². The normalized spacial score (nSPS) is 22.4. The maximum Gasteiger partial charge on any atom is 0.241 e. The second-order valence-electron chi connectivity index (χ2n) is 5.68. The lowest BCUT2D eigenvalue weighted by Gasteiger charge is -2.28. The summed E-state index contributed by atoms with van der Waals surface area (Å²) in [6, 6.07) is 5.83. The van der Waals surface area contributed by atoms with E-state index in [1.807, 2.05) is 37.2 Å². The van der Waals surface area contributed by atoms with Crippen LogP contribution in [-0.2, 0) is 4.79 Å². The summed E-state index contributed by atoms with van der Waals surface area (Å²) >= 11 is 3.46. The van der Waals surface area contributed by atoms with Crippen molar-refractivity contribution in [3.8, 4) is 0 Å². The first-order valence-electron chi connectivity index (χ1n) is 6.98. The molecule has 110 valence electrons. The average molecular weight is 340 g/mol. The molecule has 1 heterocycles. The Morgan fingerprint density at radius 1 is 1.45 bits per heavy atom. The van der Waals surface area contributed by atoms with E-state index in [0.29, 0.717) is 5.92 Å². The summed E-state index contributed by atoms with van der Waals surface area (Å²) in [6.45, 7) is 3.11. The molecule has 1 fully saturated rings. The standard InChI is InChI=1S/C15H22BrN3O/c1-10-6-7-17-13(8-10)15(20)18-12-9-11(16)4-5-14(12)19(2)3/h4-5,9-10,13,17H,6-8H2,1-3H3,(H,18,20). The number of anilines is 2. The monoisotopic (exact) mass is 339 g/mol. The third-order valence-electron chi connectivity index (χ3n) is 3.68. The van der Waals surface area contributed by atoms with Gasteiger partial charge in [0.1, 0.15) is 0 Å².